The Hall–Kier alpha value is -2.45. The standard InChI is InChI=1S/C21H18Br2N2O4/c1-12-4-6-13(7-5-12)11-29-18-16(22)9-14(10-17(18)23)8-15-19(26)24(2)21(28)25(3)20(15)27/h4-10H,11H2,1-3H3. The Balaban J connectivity index is 1.86. The van der Waals surface area contributed by atoms with Crippen molar-refractivity contribution >= 4 is 55.8 Å². The molecule has 0 radical (unpaired) electrons. The molecule has 150 valence electrons. The molecule has 3 rings (SSSR count). The lowest BCUT2D eigenvalue weighted by Gasteiger charge is -2.28. The van der Waals surface area contributed by atoms with Crippen LogP contribution in [0.25, 0.3) is 6.08 Å². The topological polar surface area (TPSA) is 66.9 Å². The lowest BCUT2D eigenvalue weighted by Crippen LogP contribution is -2.52. The van der Waals surface area contributed by atoms with Crippen molar-refractivity contribution < 1.29 is 19.1 Å². The van der Waals surface area contributed by atoms with Gasteiger partial charge in [0.2, 0.25) is 0 Å². The van der Waals surface area contributed by atoms with Crippen molar-refractivity contribution in [2.45, 2.75) is 13.5 Å². The predicted octanol–water partition coefficient (Wildman–Crippen LogP) is 4.53. The minimum atomic E-state index is -0.653. The van der Waals surface area contributed by atoms with Gasteiger partial charge in [-0.25, -0.2) is 4.79 Å². The highest BCUT2D eigenvalue weighted by Gasteiger charge is 2.37. The van der Waals surface area contributed by atoms with Crippen LogP contribution in [0.3, 0.4) is 0 Å². The van der Waals surface area contributed by atoms with Gasteiger partial charge in [0, 0.05) is 14.1 Å². The highest BCUT2D eigenvalue weighted by molar-refractivity contribution is 9.11. The van der Waals surface area contributed by atoms with Crippen molar-refractivity contribution in [3.63, 3.8) is 0 Å². The number of ether oxygens (including phenoxy) is 1. The lowest BCUT2D eigenvalue weighted by atomic mass is 10.1. The van der Waals surface area contributed by atoms with Crippen LogP contribution in [-0.2, 0) is 16.2 Å². The third-order valence-corrected chi connectivity index (χ3v) is 5.66. The maximum atomic E-state index is 12.4. The molecule has 0 saturated carbocycles. The molecular weight excluding hydrogens is 504 g/mol. The van der Waals surface area contributed by atoms with E-state index in [4.69, 9.17) is 4.74 Å². The second-order valence-corrected chi connectivity index (χ2v) is 8.37. The number of rotatable bonds is 4. The van der Waals surface area contributed by atoms with Crippen LogP contribution in [0.2, 0.25) is 0 Å². The van der Waals surface area contributed by atoms with Gasteiger partial charge in [0.1, 0.15) is 17.9 Å². The fourth-order valence-corrected chi connectivity index (χ4v) is 4.23. The van der Waals surface area contributed by atoms with Crippen molar-refractivity contribution in [1.82, 2.24) is 9.80 Å². The second-order valence-electron chi connectivity index (χ2n) is 6.66. The molecule has 2 aromatic carbocycles. The number of benzene rings is 2. The molecule has 2 aromatic rings. The molecule has 0 spiro atoms. The first kappa shape index (κ1) is 21.3. The van der Waals surface area contributed by atoms with E-state index < -0.39 is 17.8 Å². The van der Waals surface area contributed by atoms with E-state index in [1.54, 1.807) is 12.1 Å². The van der Waals surface area contributed by atoms with Gasteiger partial charge in [-0.3, -0.25) is 19.4 Å². The minimum Gasteiger partial charge on any atom is -0.487 e. The normalized spacial score (nSPS) is 14.5. The van der Waals surface area contributed by atoms with Gasteiger partial charge in [-0.15, -0.1) is 0 Å². The average Bonchev–Trinajstić information content (AvgIpc) is 2.69. The largest absolute Gasteiger partial charge is 0.487 e. The first-order valence-electron chi connectivity index (χ1n) is 8.68. The molecule has 1 aliphatic rings. The summed E-state index contributed by atoms with van der Waals surface area (Å²) in [5.41, 5.74) is 2.74. The quantitative estimate of drug-likeness (QED) is 0.438. The maximum absolute atomic E-state index is 12.4. The van der Waals surface area contributed by atoms with Crippen LogP contribution in [0.15, 0.2) is 50.9 Å². The van der Waals surface area contributed by atoms with Crippen LogP contribution < -0.4 is 4.74 Å². The maximum Gasteiger partial charge on any atom is 0.333 e. The second kappa shape index (κ2) is 8.51. The molecule has 0 bridgehead atoms. The van der Waals surface area contributed by atoms with Crippen molar-refractivity contribution in [2.75, 3.05) is 14.1 Å². The molecule has 1 fully saturated rings. The molecule has 0 aromatic heterocycles. The van der Waals surface area contributed by atoms with E-state index in [9.17, 15) is 14.4 Å². The molecule has 0 unspecified atom stereocenters. The number of nitrogens with zero attached hydrogens (tertiary/aromatic N) is 2. The van der Waals surface area contributed by atoms with Crippen molar-refractivity contribution in [2.24, 2.45) is 0 Å². The number of halogens is 2. The molecule has 0 aliphatic carbocycles. The van der Waals surface area contributed by atoms with Crippen LogP contribution in [-0.4, -0.2) is 41.7 Å². The summed E-state index contributed by atoms with van der Waals surface area (Å²) >= 11 is 6.96. The number of barbiturate groups is 1. The Morgan fingerprint density at radius 2 is 1.45 bits per heavy atom. The highest BCUT2D eigenvalue weighted by Crippen LogP contribution is 2.36. The lowest BCUT2D eigenvalue weighted by molar-refractivity contribution is -0.134. The molecule has 4 amide bonds. The van der Waals surface area contributed by atoms with Gasteiger partial charge >= 0.3 is 6.03 Å². The van der Waals surface area contributed by atoms with Crippen LogP contribution >= 0.6 is 31.9 Å². The van der Waals surface area contributed by atoms with Crippen LogP contribution in [0.4, 0.5) is 4.79 Å². The minimum absolute atomic E-state index is 0.0817. The molecule has 0 atom stereocenters. The summed E-state index contributed by atoms with van der Waals surface area (Å²) in [7, 11) is 2.69. The number of amides is 4. The fraction of sp³-hybridized carbons (Fsp3) is 0.190. The first-order valence-corrected chi connectivity index (χ1v) is 10.3. The molecule has 0 N–H and O–H groups in total. The predicted molar refractivity (Wildman–Crippen MR) is 116 cm³/mol. The third-order valence-electron chi connectivity index (χ3n) is 4.48. The van der Waals surface area contributed by atoms with Gasteiger partial charge in [-0.05, 0) is 68.1 Å². The zero-order valence-electron chi connectivity index (χ0n) is 16.0. The fourth-order valence-electron chi connectivity index (χ4n) is 2.78. The molecule has 8 heteroatoms. The monoisotopic (exact) mass is 520 g/mol. The SMILES string of the molecule is Cc1ccc(COc2c(Br)cc(C=C3C(=O)N(C)C(=O)N(C)C3=O)cc2Br)cc1. The Bertz CT molecular complexity index is 982. The van der Waals surface area contributed by atoms with E-state index in [0.717, 1.165) is 15.4 Å². The Morgan fingerprint density at radius 3 is 1.97 bits per heavy atom. The van der Waals surface area contributed by atoms with Gasteiger partial charge in [-0.1, -0.05) is 29.8 Å². The van der Waals surface area contributed by atoms with E-state index in [0.29, 0.717) is 26.9 Å². The Labute approximate surface area is 185 Å². The number of carbonyl (C=O) groups excluding carboxylic acids is 3. The van der Waals surface area contributed by atoms with E-state index in [1.165, 1.54) is 25.7 Å². The number of hydrogen-bond acceptors (Lipinski definition) is 4. The zero-order valence-corrected chi connectivity index (χ0v) is 19.2. The zero-order chi connectivity index (χ0) is 21.3. The molecular formula is C21H18Br2N2O4. The molecule has 1 saturated heterocycles. The summed E-state index contributed by atoms with van der Waals surface area (Å²) in [6.45, 7) is 2.42. The summed E-state index contributed by atoms with van der Waals surface area (Å²) in [6, 6.07) is 10.9. The van der Waals surface area contributed by atoms with E-state index >= 15 is 0 Å². The van der Waals surface area contributed by atoms with Gasteiger partial charge in [0.05, 0.1) is 8.95 Å². The van der Waals surface area contributed by atoms with Crippen LogP contribution in [0.1, 0.15) is 16.7 Å². The molecule has 1 heterocycles. The van der Waals surface area contributed by atoms with E-state index in [2.05, 4.69) is 31.9 Å². The van der Waals surface area contributed by atoms with E-state index in [-0.39, 0.29) is 5.57 Å². The van der Waals surface area contributed by atoms with Crippen molar-refractivity contribution in [3.8, 4) is 5.75 Å². The van der Waals surface area contributed by atoms with Crippen LogP contribution in [0.5, 0.6) is 5.75 Å². The highest BCUT2D eigenvalue weighted by atomic mass is 79.9. The van der Waals surface area contributed by atoms with E-state index in [1.807, 2.05) is 31.2 Å². The van der Waals surface area contributed by atoms with Crippen molar-refractivity contribution in [1.29, 1.82) is 0 Å². The summed E-state index contributed by atoms with van der Waals surface area (Å²) in [4.78, 5) is 38.4. The summed E-state index contributed by atoms with van der Waals surface area (Å²) in [5, 5.41) is 0. The number of likely N-dealkylation sites (N-methyl/N-ethyl adjacent to an activating group) is 2. The number of urea groups is 1. The third kappa shape index (κ3) is 4.43. The average molecular weight is 522 g/mol. The van der Waals surface area contributed by atoms with Gasteiger partial charge in [0.15, 0.2) is 0 Å². The Kier molecular flexibility index (Phi) is 6.24. The van der Waals surface area contributed by atoms with Gasteiger partial charge < -0.3 is 4.74 Å². The molecule has 6 nitrogen and oxygen atoms in total. The van der Waals surface area contributed by atoms with Crippen molar-refractivity contribution in [3.05, 3.63) is 67.6 Å². The van der Waals surface area contributed by atoms with Gasteiger partial charge in [-0.2, -0.15) is 0 Å². The number of hydrogen-bond donors (Lipinski definition) is 0. The van der Waals surface area contributed by atoms with Gasteiger partial charge in [0.25, 0.3) is 11.8 Å². The number of aryl methyl sites for hydroxylation is 1. The summed E-state index contributed by atoms with van der Waals surface area (Å²) in [6.07, 6.45) is 1.46. The molecule has 29 heavy (non-hydrogen) atoms. The number of carbonyl (C=O) groups is 3. The Morgan fingerprint density at radius 1 is 0.931 bits per heavy atom. The first-order chi connectivity index (χ1) is 13.7. The molecule has 1 aliphatic heterocycles. The number of imide groups is 2. The van der Waals surface area contributed by atoms with Crippen LogP contribution in [0, 0.1) is 6.92 Å². The summed E-state index contributed by atoms with van der Waals surface area (Å²) in [5.74, 6) is -0.659. The summed E-state index contributed by atoms with van der Waals surface area (Å²) < 4.78 is 7.25. The smallest absolute Gasteiger partial charge is 0.333 e.